The number of carbonyl (C=O) groups excluding carboxylic acids is 1. The first-order valence-electron chi connectivity index (χ1n) is 5.67. The third-order valence-electron chi connectivity index (χ3n) is 2.43. The topological polar surface area (TPSA) is 124 Å². The number of carbonyl (C=O) groups is 1. The summed E-state index contributed by atoms with van der Waals surface area (Å²) < 4.78 is 5.12. The van der Waals surface area contributed by atoms with Crippen LogP contribution in [0.2, 0.25) is 0 Å². The first-order valence-corrected chi connectivity index (χ1v) is 6.44. The molecule has 0 aliphatic heterocycles. The van der Waals surface area contributed by atoms with E-state index >= 15 is 0 Å². The third kappa shape index (κ3) is 3.22. The molecule has 10 heteroatoms. The van der Waals surface area contributed by atoms with Crippen LogP contribution in [0.1, 0.15) is 30.3 Å². The Morgan fingerprint density at radius 2 is 2.26 bits per heavy atom. The molecule has 102 valence electrons. The fourth-order valence-electron chi connectivity index (χ4n) is 1.47. The smallest absolute Gasteiger partial charge is 0.242 e. The van der Waals surface area contributed by atoms with Gasteiger partial charge in [-0.05, 0) is 27.9 Å². The molecule has 0 aromatic carbocycles. The van der Waals surface area contributed by atoms with Crippen LogP contribution in [0.4, 0.5) is 5.95 Å². The molecule has 0 radical (unpaired) electrons. The van der Waals surface area contributed by atoms with Gasteiger partial charge in [-0.25, -0.2) is 4.68 Å². The van der Waals surface area contributed by atoms with Gasteiger partial charge in [-0.3, -0.25) is 4.79 Å². The van der Waals surface area contributed by atoms with Crippen LogP contribution >= 0.6 is 11.5 Å². The summed E-state index contributed by atoms with van der Waals surface area (Å²) in [6.45, 7) is 4.45. The van der Waals surface area contributed by atoms with Gasteiger partial charge in [0.1, 0.15) is 6.54 Å². The highest BCUT2D eigenvalue weighted by Crippen LogP contribution is 2.19. The van der Waals surface area contributed by atoms with Gasteiger partial charge in [-0.2, -0.15) is 0 Å². The van der Waals surface area contributed by atoms with E-state index in [0.717, 1.165) is 10.6 Å². The van der Waals surface area contributed by atoms with Gasteiger partial charge in [0.25, 0.3) is 0 Å². The highest BCUT2D eigenvalue weighted by Gasteiger charge is 2.13. The Hall–Kier alpha value is -2.10. The zero-order chi connectivity index (χ0) is 13.8. The molecule has 0 unspecified atom stereocenters. The normalized spacial score (nSPS) is 10.9. The number of nitrogen functional groups attached to an aromatic ring is 1. The minimum atomic E-state index is -0.220. The van der Waals surface area contributed by atoms with Crippen molar-refractivity contribution in [3.05, 3.63) is 10.6 Å². The van der Waals surface area contributed by atoms with Crippen LogP contribution in [0.25, 0.3) is 0 Å². The fraction of sp³-hybridized carbons (Fsp3) is 0.556. The predicted octanol–water partition coefficient (Wildman–Crippen LogP) is -0.453. The van der Waals surface area contributed by atoms with Crippen LogP contribution in [-0.4, -0.2) is 35.7 Å². The maximum atomic E-state index is 11.7. The van der Waals surface area contributed by atoms with Gasteiger partial charge in [-0.15, -0.1) is 5.10 Å². The van der Waals surface area contributed by atoms with E-state index in [0.29, 0.717) is 6.54 Å². The molecule has 2 aromatic rings. The first-order chi connectivity index (χ1) is 9.08. The van der Waals surface area contributed by atoms with E-state index in [4.69, 9.17) is 5.73 Å². The zero-order valence-corrected chi connectivity index (χ0v) is 11.4. The Bertz CT molecular complexity index is 562. The van der Waals surface area contributed by atoms with Crippen molar-refractivity contribution in [1.82, 2.24) is 35.1 Å². The van der Waals surface area contributed by atoms with Gasteiger partial charge in [0.05, 0.1) is 17.1 Å². The lowest BCUT2D eigenvalue weighted by atomic mass is 10.1. The van der Waals surface area contributed by atoms with Crippen molar-refractivity contribution in [3.8, 4) is 0 Å². The molecule has 0 saturated carbocycles. The number of rotatable bonds is 5. The number of hydrogen-bond donors (Lipinski definition) is 2. The minimum Gasteiger partial charge on any atom is -0.367 e. The van der Waals surface area contributed by atoms with E-state index in [2.05, 4.69) is 30.4 Å². The van der Waals surface area contributed by atoms with Crippen molar-refractivity contribution in [3.63, 3.8) is 0 Å². The predicted molar refractivity (Wildman–Crippen MR) is 68.1 cm³/mol. The van der Waals surface area contributed by atoms with Crippen molar-refractivity contribution in [1.29, 1.82) is 0 Å². The molecule has 9 nitrogen and oxygen atoms in total. The van der Waals surface area contributed by atoms with Crippen molar-refractivity contribution in [2.75, 3.05) is 5.73 Å². The molecule has 2 heterocycles. The molecular formula is C9H14N8OS. The molecule has 0 aliphatic carbocycles. The molecule has 0 atom stereocenters. The highest BCUT2D eigenvalue weighted by atomic mass is 32.1. The molecular weight excluding hydrogens is 268 g/mol. The average Bonchev–Trinajstić information content (AvgIpc) is 2.96. The number of aromatic nitrogens is 6. The summed E-state index contributed by atoms with van der Waals surface area (Å²) in [5.74, 6) is 0.167. The second-order valence-corrected chi connectivity index (χ2v) is 5.05. The summed E-state index contributed by atoms with van der Waals surface area (Å²) in [6, 6.07) is 0. The number of nitrogens with two attached hydrogens (primary N) is 1. The zero-order valence-electron chi connectivity index (χ0n) is 10.6. The summed E-state index contributed by atoms with van der Waals surface area (Å²) >= 11 is 1.28. The highest BCUT2D eigenvalue weighted by molar-refractivity contribution is 7.05. The van der Waals surface area contributed by atoms with Gasteiger partial charge < -0.3 is 11.1 Å². The van der Waals surface area contributed by atoms with Crippen molar-refractivity contribution < 1.29 is 4.79 Å². The lowest BCUT2D eigenvalue weighted by molar-refractivity contribution is -0.122. The lowest BCUT2D eigenvalue weighted by Gasteiger charge is -2.06. The van der Waals surface area contributed by atoms with Gasteiger partial charge in [-0.1, -0.05) is 23.4 Å². The van der Waals surface area contributed by atoms with Crippen LogP contribution < -0.4 is 11.1 Å². The largest absolute Gasteiger partial charge is 0.367 e. The molecule has 3 N–H and O–H groups in total. The number of hydrogen-bond acceptors (Lipinski definition) is 8. The third-order valence-corrected chi connectivity index (χ3v) is 3.17. The Morgan fingerprint density at radius 3 is 2.89 bits per heavy atom. The SMILES string of the molecule is CC(C)c1nnsc1CNC(=O)Cn1nnnc1N. The molecule has 0 fully saturated rings. The molecule has 0 saturated heterocycles. The Kier molecular flexibility index (Phi) is 4.00. The summed E-state index contributed by atoms with van der Waals surface area (Å²) in [5, 5.41) is 17.3. The summed E-state index contributed by atoms with van der Waals surface area (Å²) in [6.07, 6.45) is 0. The number of nitrogens with zero attached hydrogens (tertiary/aromatic N) is 6. The fourth-order valence-corrected chi connectivity index (χ4v) is 2.21. The van der Waals surface area contributed by atoms with E-state index in [1.165, 1.54) is 16.2 Å². The van der Waals surface area contributed by atoms with E-state index in [-0.39, 0.29) is 24.3 Å². The number of amides is 1. The second kappa shape index (κ2) is 5.69. The average molecular weight is 282 g/mol. The molecule has 1 amide bonds. The first kappa shape index (κ1) is 13.3. The van der Waals surface area contributed by atoms with Crippen molar-refractivity contribution in [2.24, 2.45) is 0 Å². The molecule has 19 heavy (non-hydrogen) atoms. The Labute approximate surface area is 113 Å². The van der Waals surface area contributed by atoms with Gasteiger partial charge in [0, 0.05) is 0 Å². The van der Waals surface area contributed by atoms with Crippen LogP contribution in [0.5, 0.6) is 0 Å². The maximum absolute atomic E-state index is 11.7. The number of tetrazole rings is 1. The molecule has 0 aliphatic rings. The van der Waals surface area contributed by atoms with E-state index in [1.54, 1.807) is 0 Å². The second-order valence-electron chi connectivity index (χ2n) is 4.21. The van der Waals surface area contributed by atoms with Crippen LogP contribution in [0.3, 0.4) is 0 Å². The maximum Gasteiger partial charge on any atom is 0.242 e. The molecule has 0 bridgehead atoms. The summed E-state index contributed by atoms with van der Waals surface area (Å²) in [7, 11) is 0. The quantitative estimate of drug-likeness (QED) is 0.760. The van der Waals surface area contributed by atoms with E-state index in [1.807, 2.05) is 13.8 Å². The van der Waals surface area contributed by atoms with Crippen molar-refractivity contribution in [2.45, 2.75) is 32.9 Å². The van der Waals surface area contributed by atoms with Gasteiger partial charge >= 0.3 is 0 Å². The van der Waals surface area contributed by atoms with Gasteiger partial charge in [0.15, 0.2) is 0 Å². The van der Waals surface area contributed by atoms with Gasteiger partial charge in [0.2, 0.25) is 11.9 Å². The lowest BCUT2D eigenvalue weighted by Crippen LogP contribution is -2.28. The molecule has 2 rings (SSSR count). The van der Waals surface area contributed by atoms with Crippen LogP contribution in [-0.2, 0) is 17.9 Å². The Balaban J connectivity index is 1.90. The monoisotopic (exact) mass is 282 g/mol. The van der Waals surface area contributed by atoms with Crippen LogP contribution in [0, 0.1) is 0 Å². The number of anilines is 1. The molecule has 0 spiro atoms. The molecule has 2 aromatic heterocycles. The van der Waals surface area contributed by atoms with E-state index < -0.39 is 0 Å². The standard InChI is InChI=1S/C9H14N8OS/c1-5(2)8-6(19-16-12-8)3-11-7(18)4-17-9(10)13-14-15-17/h5H,3-4H2,1-2H3,(H,11,18)(H2,10,13,15). The van der Waals surface area contributed by atoms with E-state index in [9.17, 15) is 4.79 Å². The summed E-state index contributed by atoms with van der Waals surface area (Å²) in [4.78, 5) is 12.7. The van der Waals surface area contributed by atoms with Crippen molar-refractivity contribution >= 4 is 23.4 Å². The Morgan fingerprint density at radius 1 is 1.47 bits per heavy atom. The summed E-state index contributed by atoms with van der Waals surface area (Å²) in [5.41, 5.74) is 6.38. The number of nitrogens with one attached hydrogen (secondary N) is 1. The van der Waals surface area contributed by atoms with Crippen LogP contribution in [0.15, 0.2) is 0 Å². The minimum absolute atomic E-state index is 0.0118.